The highest BCUT2D eigenvalue weighted by atomic mass is 16.3. The van der Waals surface area contributed by atoms with E-state index in [-0.39, 0.29) is 12.1 Å². The first kappa shape index (κ1) is 13.3. The third-order valence-corrected chi connectivity index (χ3v) is 5.01. The zero-order valence-electron chi connectivity index (χ0n) is 11.2. The molecule has 1 saturated carbocycles. The summed E-state index contributed by atoms with van der Waals surface area (Å²) in [5.41, 5.74) is 6.01. The minimum absolute atomic E-state index is 0.160. The van der Waals surface area contributed by atoms with Gasteiger partial charge in [0.2, 0.25) is 0 Å². The highest BCUT2D eigenvalue weighted by Gasteiger charge is 2.38. The summed E-state index contributed by atoms with van der Waals surface area (Å²) in [4.78, 5) is 2.61. The molecule has 0 aromatic rings. The molecule has 0 amide bonds. The summed E-state index contributed by atoms with van der Waals surface area (Å²) < 4.78 is 0. The minimum Gasteiger partial charge on any atom is -0.394 e. The largest absolute Gasteiger partial charge is 0.394 e. The number of aliphatic hydroxyl groups is 1. The van der Waals surface area contributed by atoms with E-state index in [0.717, 1.165) is 12.5 Å². The van der Waals surface area contributed by atoms with E-state index in [2.05, 4.69) is 11.8 Å². The molecule has 3 heteroatoms. The van der Waals surface area contributed by atoms with E-state index in [9.17, 15) is 5.11 Å². The Kier molecular flexibility index (Phi) is 4.45. The number of hydrogen-bond acceptors (Lipinski definition) is 3. The van der Waals surface area contributed by atoms with Gasteiger partial charge in [0, 0.05) is 11.6 Å². The summed E-state index contributed by atoms with van der Waals surface area (Å²) in [5, 5.41) is 9.45. The van der Waals surface area contributed by atoms with Crippen LogP contribution in [0.1, 0.15) is 51.9 Å². The molecular formula is C14H28N2O. The van der Waals surface area contributed by atoms with Gasteiger partial charge in [-0.3, -0.25) is 0 Å². The molecule has 2 aliphatic rings. The van der Waals surface area contributed by atoms with E-state index >= 15 is 0 Å². The van der Waals surface area contributed by atoms with Crippen molar-refractivity contribution in [3.8, 4) is 0 Å². The molecule has 0 spiro atoms. The van der Waals surface area contributed by atoms with Gasteiger partial charge in [0.1, 0.15) is 0 Å². The Balaban J connectivity index is 1.81. The molecule has 1 aliphatic carbocycles. The van der Waals surface area contributed by atoms with Crippen LogP contribution in [-0.4, -0.2) is 41.3 Å². The van der Waals surface area contributed by atoms with E-state index in [0.29, 0.717) is 5.92 Å². The third-order valence-electron chi connectivity index (χ3n) is 5.01. The topological polar surface area (TPSA) is 49.5 Å². The van der Waals surface area contributed by atoms with E-state index in [1.54, 1.807) is 0 Å². The molecule has 2 rings (SSSR count). The number of nitrogens with zero attached hydrogens (tertiary/aromatic N) is 1. The maximum Gasteiger partial charge on any atom is 0.0613 e. The van der Waals surface area contributed by atoms with Crippen LogP contribution in [0.4, 0.5) is 0 Å². The van der Waals surface area contributed by atoms with Crippen LogP contribution < -0.4 is 5.73 Å². The molecule has 2 fully saturated rings. The number of aliphatic hydroxyl groups excluding tert-OH is 1. The maximum atomic E-state index is 9.45. The maximum absolute atomic E-state index is 9.45. The van der Waals surface area contributed by atoms with E-state index in [1.165, 1.54) is 51.6 Å². The molecule has 3 atom stereocenters. The predicted octanol–water partition coefficient (Wildman–Crippen LogP) is 1.74. The van der Waals surface area contributed by atoms with Gasteiger partial charge in [0.15, 0.2) is 0 Å². The van der Waals surface area contributed by atoms with Crippen molar-refractivity contribution in [2.75, 3.05) is 19.7 Å². The van der Waals surface area contributed by atoms with E-state index < -0.39 is 0 Å². The van der Waals surface area contributed by atoms with Crippen molar-refractivity contribution in [1.29, 1.82) is 0 Å². The van der Waals surface area contributed by atoms with Gasteiger partial charge in [0.05, 0.1) is 6.61 Å². The Morgan fingerprint density at radius 1 is 1.29 bits per heavy atom. The van der Waals surface area contributed by atoms with Crippen molar-refractivity contribution in [2.45, 2.75) is 63.5 Å². The van der Waals surface area contributed by atoms with Crippen LogP contribution in [0, 0.1) is 5.92 Å². The van der Waals surface area contributed by atoms with Gasteiger partial charge in [-0.15, -0.1) is 0 Å². The molecule has 1 aliphatic heterocycles. The van der Waals surface area contributed by atoms with E-state index in [1.807, 2.05) is 0 Å². The summed E-state index contributed by atoms with van der Waals surface area (Å²) in [5.74, 6) is 0.529. The molecule has 0 aromatic carbocycles. The highest BCUT2D eigenvalue weighted by Crippen LogP contribution is 2.36. The molecule has 1 saturated heterocycles. The zero-order chi connectivity index (χ0) is 12.3. The summed E-state index contributed by atoms with van der Waals surface area (Å²) in [6, 6.07) is 0.742. The average Bonchev–Trinajstić information content (AvgIpc) is 2.71. The second kappa shape index (κ2) is 5.68. The summed E-state index contributed by atoms with van der Waals surface area (Å²) in [7, 11) is 0. The fourth-order valence-corrected chi connectivity index (χ4v) is 3.62. The monoisotopic (exact) mass is 240 g/mol. The van der Waals surface area contributed by atoms with Gasteiger partial charge >= 0.3 is 0 Å². The van der Waals surface area contributed by atoms with Crippen molar-refractivity contribution < 1.29 is 5.11 Å². The standard InChI is InChI=1S/C14H28N2O/c1-12-5-2-3-9-16(12)10-7-13-6-4-8-14(13,15)11-17/h12-13,17H,2-11,15H2,1H3. The predicted molar refractivity (Wildman–Crippen MR) is 70.8 cm³/mol. The van der Waals surface area contributed by atoms with Crippen LogP contribution in [0.5, 0.6) is 0 Å². The first-order chi connectivity index (χ1) is 8.15. The van der Waals surface area contributed by atoms with Crippen molar-refractivity contribution in [3.05, 3.63) is 0 Å². The van der Waals surface area contributed by atoms with Gasteiger partial charge in [-0.2, -0.15) is 0 Å². The Bertz CT molecular complexity index is 246. The fourth-order valence-electron chi connectivity index (χ4n) is 3.62. The normalized spacial score (nSPS) is 39.7. The molecule has 0 aromatic heterocycles. The Morgan fingerprint density at radius 3 is 2.82 bits per heavy atom. The number of likely N-dealkylation sites (tertiary alicyclic amines) is 1. The van der Waals surface area contributed by atoms with Gasteiger partial charge in [-0.05, 0) is 58.0 Å². The third kappa shape index (κ3) is 3.01. The first-order valence-electron chi connectivity index (χ1n) is 7.29. The van der Waals surface area contributed by atoms with Crippen LogP contribution in [0.3, 0.4) is 0 Å². The molecule has 0 bridgehead atoms. The SMILES string of the molecule is CC1CCCCN1CCC1CCCC1(N)CO. The number of rotatable bonds is 4. The van der Waals surface area contributed by atoms with E-state index in [4.69, 9.17) is 5.73 Å². The van der Waals surface area contributed by atoms with Crippen molar-refractivity contribution in [3.63, 3.8) is 0 Å². The smallest absolute Gasteiger partial charge is 0.0613 e. The Labute approximate surface area is 105 Å². The number of piperidine rings is 1. The van der Waals surface area contributed by atoms with Crippen molar-refractivity contribution in [2.24, 2.45) is 11.7 Å². The minimum atomic E-state index is -0.279. The Hall–Kier alpha value is -0.120. The summed E-state index contributed by atoms with van der Waals surface area (Å²) in [6.07, 6.45) is 8.65. The number of nitrogens with two attached hydrogens (primary N) is 1. The van der Waals surface area contributed by atoms with Crippen LogP contribution >= 0.6 is 0 Å². The average molecular weight is 240 g/mol. The summed E-state index contributed by atoms with van der Waals surface area (Å²) >= 11 is 0. The van der Waals surface area contributed by atoms with Crippen molar-refractivity contribution >= 4 is 0 Å². The van der Waals surface area contributed by atoms with Crippen LogP contribution in [0.2, 0.25) is 0 Å². The molecule has 3 N–H and O–H groups in total. The second-order valence-corrected chi connectivity index (χ2v) is 6.15. The van der Waals surface area contributed by atoms with Gasteiger partial charge in [-0.1, -0.05) is 12.8 Å². The molecule has 3 unspecified atom stereocenters. The molecule has 17 heavy (non-hydrogen) atoms. The lowest BCUT2D eigenvalue weighted by molar-refractivity contribution is 0.119. The number of hydrogen-bond donors (Lipinski definition) is 2. The molecular weight excluding hydrogens is 212 g/mol. The van der Waals surface area contributed by atoms with Gasteiger partial charge < -0.3 is 15.7 Å². The second-order valence-electron chi connectivity index (χ2n) is 6.15. The van der Waals surface area contributed by atoms with Gasteiger partial charge in [0.25, 0.3) is 0 Å². The van der Waals surface area contributed by atoms with Crippen molar-refractivity contribution in [1.82, 2.24) is 4.90 Å². The fraction of sp³-hybridized carbons (Fsp3) is 1.00. The highest BCUT2D eigenvalue weighted by molar-refractivity contribution is 4.96. The molecule has 1 heterocycles. The lowest BCUT2D eigenvalue weighted by Gasteiger charge is -2.36. The molecule has 3 nitrogen and oxygen atoms in total. The lowest BCUT2D eigenvalue weighted by Crippen LogP contribution is -2.48. The first-order valence-corrected chi connectivity index (χ1v) is 7.29. The molecule has 0 radical (unpaired) electrons. The van der Waals surface area contributed by atoms with Gasteiger partial charge in [-0.25, -0.2) is 0 Å². The van der Waals surface area contributed by atoms with Crippen LogP contribution in [0.25, 0.3) is 0 Å². The Morgan fingerprint density at radius 2 is 2.12 bits per heavy atom. The summed E-state index contributed by atoms with van der Waals surface area (Å²) in [6.45, 7) is 4.93. The molecule has 100 valence electrons. The quantitative estimate of drug-likeness (QED) is 0.787. The van der Waals surface area contributed by atoms with Crippen LogP contribution in [0.15, 0.2) is 0 Å². The lowest BCUT2D eigenvalue weighted by atomic mass is 9.86. The zero-order valence-corrected chi connectivity index (χ0v) is 11.2. The van der Waals surface area contributed by atoms with Crippen LogP contribution in [-0.2, 0) is 0 Å².